The van der Waals surface area contributed by atoms with Crippen molar-refractivity contribution in [2.45, 2.75) is 32.5 Å². The number of rotatable bonds is 3. The molecule has 0 bridgehead atoms. The van der Waals surface area contributed by atoms with Gasteiger partial charge in [-0.25, -0.2) is 0 Å². The lowest BCUT2D eigenvalue weighted by molar-refractivity contribution is -0.0499. The number of benzene rings is 1. The molecule has 0 radical (unpaired) electrons. The van der Waals surface area contributed by atoms with Crippen molar-refractivity contribution in [3.05, 3.63) is 52.7 Å². The van der Waals surface area contributed by atoms with Crippen LogP contribution in [0.25, 0.3) is 0 Å². The van der Waals surface area contributed by atoms with Crippen molar-refractivity contribution in [3.63, 3.8) is 0 Å². The fraction of sp³-hybridized carbons (Fsp3) is 0.450. The Morgan fingerprint density at radius 1 is 1.19 bits per heavy atom. The SMILES string of the molecule is Cc1nnc(N2C[C@@H]3OCCN(Cc4ccccc4)[C@@H]3C2)c(C#N)c1C. The number of nitriles is 1. The average molecular weight is 349 g/mol. The van der Waals surface area contributed by atoms with E-state index in [0.717, 1.165) is 44.0 Å². The summed E-state index contributed by atoms with van der Waals surface area (Å²) in [5.41, 5.74) is 3.67. The van der Waals surface area contributed by atoms with Gasteiger partial charge in [0.15, 0.2) is 5.82 Å². The van der Waals surface area contributed by atoms with E-state index in [-0.39, 0.29) is 6.10 Å². The molecule has 1 aromatic carbocycles. The molecule has 2 aromatic rings. The molecule has 0 unspecified atom stereocenters. The van der Waals surface area contributed by atoms with Crippen molar-refractivity contribution in [3.8, 4) is 6.07 Å². The number of nitrogens with zero attached hydrogens (tertiary/aromatic N) is 5. The molecule has 0 amide bonds. The van der Waals surface area contributed by atoms with Crippen LogP contribution in [0.4, 0.5) is 5.82 Å². The first-order chi connectivity index (χ1) is 12.7. The quantitative estimate of drug-likeness (QED) is 0.845. The lowest BCUT2D eigenvalue weighted by atomic mass is 10.1. The molecule has 1 aromatic heterocycles. The Labute approximate surface area is 154 Å². The van der Waals surface area contributed by atoms with Crippen molar-refractivity contribution in [1.29, 1.82) is 5.26 Å². The van der Waals surface area contributed by atoms with Gasteiger partial charge < -0.3 is 9.64 Å². The van der Waals surface area contributed by atoms with Crippen LogP contribution in [0.1, 0.15) is 22.4 Å². The fourth-order valence-corrected chi connectivity index (χ4v) is 3.90. The van der Waals surface area contributed by atoms with Crippen LogP contribution in [0.15, 0.2) is 30.3 Å². The summed E-state index contributed by atoms with van der Waals surface area (Å²) in [6, 6.07) is 13.2. The van der Waals surface area contributed by atoms with E-state index in [1.807, 2.05) is 19.9 Å². The molecule has 2 fully saturated rings. The van der Waals surface area contributed by atoms with Crippen LogP contribution in [0.3, 0.4) is 0 Å². The standard InChI is InChI=1S/C20H23N5O/c1-14-15(2)22-23-20(17(14)10-21)25-12-18-19(13-25)26-9-8-24(18)11-16-6-4-3-5-7-16/h3-7,18-19H,8-9,11-13H2,1-2H3/t18-,19+/m1/s1. The number of hydrogen-bond acceptors (Lipinski definition) is 6. The molecule has 2 aliphatic rings. The van der Waals surface area contributed by atoms with E-state index in [1.165, 1.54) is 5.56 Å². The van der Waals surface area contributed by atoms with Crippen LogP contribution in [0, 0.1) is 25.2 Å². The molecule has 6 heteroatoms. The predicted octanol–water partition coefficient (Wildman–Crippen LogP) is 2.05. The molecule has 4 rings (SSSR count). The highest BCUT2D eigenvalue weighted by molar-refractivity contribution is 5.58. The van der Waals surface area contributed by atoms with Gasteiger partial charge >= 0.3 is 0 Å². The first-order valence-corrected chi connectivity index (χ1v) is 9.06. The zero-order valence-electron chi connectivity index (χ0n) is 15.2. The van der Waals surface area contributed by atoms with Crippen LogP contribution in [0.2, 0.25) is 0 Å². The molecule has 0 saturated carbocycles. The molecule has 134 valence electrons. The zero-order chi connectivity index (χ0) is 18.1. The van der Waals surface area contributed by atoms with Crippen molar-refractivity contribution >= 4 is 5.82 Å². The summed E-state index contributed by atoms with van der Waals surface area (Å²) >= 11 is 0. The molecule has 2 aliphatic heterocycles. The molecular formula is C20H23N5O. The lowest BCUT2D eigenvalue weighted by Gasteiger charge is -2.36. The number of hydrogen-bond donors (Lipinski definition) is 0. The predicted molar refractivity (Wildman–Crippen MR) is 98.8 cm³/mol. The van der Waals surface area contributed by atoms with Crippen molar-refractivity contribution in [1.82, 2.24) is 15.1 Å². The summed E-state index contributed by atoms with van der Waals surface area (Å²) in [5.74, 6) is 0.688. The van der Waals surface area contributed by atoms with Crippen LogP contribution in [0.5, 0.6) is 0 Å². The summed E-state index contributed by atoms with van der Waals surface area (Å²) in [5, 5.41) is 18.2. The van der Waals surface area contributed by atoms with Gasteiger partial charge in [-0.15, -0.1) is 5.10 Å². The fourth-order valence-electron chi connectivity index (χ4n) is 3.90. The molecule has 26 heavy (non-hydrogen) atoms. The van der Waals surface area contributed by atoms with Gasteiger partial charge in [-0.3, -0.25) is 4.90 Å². The molecule has 2 saturated heterocycles. The number of fused-ring (bicyclic) bond motifs is 1. The normalized spacial score (nSPS) is 22.9. The summed E-state index contributed by atoms with van der Waals surface area (Å²) in [4.78, 5) is 4.65. The van der Waals surface area contributed by atoms with E-state index in [2.05, 4.69) is 50.3 Å². The Morgan fingerprint density at radius 2 is 2.00 bits per heavy atom. The average Bonchev–Trinajstić information content (AvgIpc) is 3.10. The van der Waals surface area contributed by atoms with Crippen molar-refractivity contribution in [2.24, 2.45) is 0 Å². The second kappa shape index (κ2) is 7.02. The third kappa shape index (κ3) is 3.05. The first kappa shape index (κ1) is 17.0. The Bertz CT molecular complexity index is 832. The van der Waals surface area contributed by atoms with Crippen molar-refractivity contribution in [2.75, 3.05) is 31.1 Å². The van der Waals surface area contributed by atoms with Crippen LogP contribution < -0.4 is 4.90 Å². The van der Waals surface area contributed by atoms with Crippen LogP contribution in [-0.4, -0.2) is 53.5 Å². The van der Waals surface area contributed by atoms with Gasteiger partial charge in [-0.05, 0) is 25.0 Å². The van der Waals surface area contributed by atoms with Crippen molar-refractivity contribution < 1.29 is 4.74 Å². The topological polar surface area (TPSA) is 65.3 Å². The minimum absolute atomic E-state index is 0.141. The van der Waals surface area contributed by atoms with E-state index in [0.29, 0.717) is 17.4 Å². The summed E-state index contributed by atoms with van der Waals surface area (Å²) in [7, 11) is 0. The Kier molecular flexibility index (Phi) is 4.58. The van der Waals surface area contributed by atoms with E-state index in [4.69, 9.17) is 4.74 Å². The highest BCUT2D eigenvalue weighted by atomic mass is 16.5. The molecule has 0 aliphatic carbocycles. The van der Waals surface area contributed by atoms with Gasteiger partial charge in [0.05, 0.1) is 24.4 Å². The maximum atomic E-state index is 9.60. The second-order valence-electron chi connectivity index (χ2n) is 7.06. The number of aryl methyl sites for hydroxylation is 1. The van der Waals surface area contributed by atoms with E-state index >= 15 is 0 Å². The number of morpholine rings is 1. The third-order valence-corrected chi connectivity index (χ3v) is 5.49. The number of aromatic nitrogens is 2. The van der Waals surface area contributed by atoms with Gasteiger partial charge in [0.25, 0.3) is 0 Å². The van der Waals surface area contributed by atoms with Gasteiger partial charge in [-0.1, -0.05) is 30.3 Å². The minimum atomic E-state index is 0.141. The van der Waals surface area contributed by atoms with E-state index < -0.39 is 0 Å². The number of ether oxygens (including phenoxy) is 1. The highest BCUT2D eigenvalue weighted by Gasteiger charge is 2.41. The first-order valence-electron chi connectivity index (χ1n) is 9.06. The van der Waals surface area contributed by atoms with Crippen LogP contribution >= 0.6 is 0 Å². The lowest BCUT2D eigenvalue weighted by Crippen LogP contribution is -2.50. The summed E-state index contributed by atoms with van der Waals surface area (Å²) in [6.07, 6.45) is 0.141. The monoisotopic (exact) mass is 349 g/mol. The Morgan fingerprint density at radius 3 is 2.77 bits per heavy atom. The van der Waals surface area contributed by atoms with Gasteiger partial charge in [0.1, 0.15) is 11.6 Å². The summed E-state index contributed by atoms with van der Waals surface area (Å²) in [6.45, 7) is 7.97. The molecule has 3 heterocycles. The van der Waals surface area contributed by atoms with E-state index in [9.17, 15) is 5.26 Å². The smallest absolute Gasteiger partial charge is 0.169 e. The highest BCUT2D eigenvalue weighted by Crippen LogP contribution is 2.30. The Hall–Kier alpha value is -2.49. The Balaban J connectivity index is 1.57. The van der Waals surface area contributed by atoms with E-state index in [1.54, 1.807) is 0 Å². The molecule has 2 atom stereocenters. The molecular weight excluding hydrogens is 326 g/mol. The molecule has 0 spiro atoms. The van der Waals surface area contributed by atoms with Crippen LogP contribution in [-0.2, 0) is 11.3 Å². The second-order valence-corrected chi connectivity index (χ2v) is 7.06. The van der Waals surface area contributed by atoms with Gasteiger partial charge in [0.2, 0.25) is 0 Å². The summed E-state index contributed by atoms with van der Waals surface area (Å²) < 4.78 is 6.03. The maximum absolute atomic E-state index is 9.60. The minimum Gasteiger partial charge on any atom is -0.373 e. The largest absolute Gasteiger partial charge is 0.373 e. The van der Waals surface area contributed by atoms with Gasteiger partial charge in [0, 0.05) is 26.2 Å². The third-order valence-electron chi connectivity index (χ3n) is 5.49. The molecule has 6 nitrogen and oxygen atoms in total. The number of anilines is 1. The van der Waals surface area contributed by atoms with Gasteiger partial charge in [-0.2, -0.15) is 10.4 Å². The molecule has 0 N–H and O–H groups in total. The zero-order valence-corrected chi connectivity index (χ0v) is 15.2. The maximum Gasteiger partial charge on any atom is 0.169 e.